The molecule has 0 spiro atoms. The van der Waals surface area contributed by atoms with Gasteiger partial charge in [0.15, 0.2) is 5.75 Å². The van der Waals surface area contributed by atoms with Gasteiger partial charge in [-0.25, -0.2) is 0 Å². The Balaban J connectivity index is 2.16. The average Bonchev–Trinajstić information content (AvgIpc) is 2.55. The highest BCUT2D eigenvalue weighted by Crippen LogP contribution is 2.13. The number of amides is 1. The summed E-state index contributed by atoms with van der Waals surface area (Å²) >= 11 is 0. The zero-order valence-electron chi connectivity index (χ0n) is 13.7. The van der Waals surface area contributed by atoms with E-state index in [-0.39, 0.29) is 17.2 Å². The normalized spacial score (nSPS) is 11.8. The highest BCUT2D eigenvalue weighted by molar-refractivity contribution is 5.93. The largest absolute Gasteiger partial charge is 0.488 e. The van der Waals surface area contributed by atoms with E-state index in [2.05, 4.69) is 5.32 Å². The molecule has 1 aromatic heterocycles. The predicted molar refractivity (Wildman–Crippen MR) is 91.0 cm³/mol. The van der Waals surface area contributed by atoms with Gasteiger partial charge in [-0.2, -0.15) is 0 Å². The van der Waals surface area contributed by atoms with Crippen molar-refractivity contribution in [1.82, 2.24) is 4.57 Å². The molecule has 1 aromatic carbocycles. The molecule has 0 fully saturated rings. The highest BCUT2D eigenvalue weighted by Gasteiger charge is 2.17. The predicted octanol–water partition coefficient (Wildman–Crippen LogP) is 3.15. The third kappa shape index (κ3) is 4.22. The highest BCUT2D eigenvalue weighted by atomic mass is 16.5. The minimum atomic E-state index is -0.631. The first-order chi connectivity index (χ1) is 11.0. The average molecular weight is 314 g/mol. The fourth-order valence-corrected chi connectivity index (χ4v) is 2.13. The molecular formula is C18H22N2O3. The standard InChI is InChI=1S/C18H22N2O3/c1-4-12-23-16-6-5-11-20(18(16)22)14(3)17(21)19-15-9-7-13(2)8-10-15/h5-11,14H,4,12H2,1-3H3,(H,19,21). The Hall–Kier alpha value is -2.56. The van der Waals surface area contributed by atoms with E-state index in [1.165, 1.54) is 4.57 Å². The van der Waals surface area contributed by atoms with Crippen LogP contribution in [0.3, 0.4) is 0 Å². The van der Waals surface area contributed by atoms with E-state index in [1.54, 1.807) is 25.3 Å². The second kappa shape index (κ2) is 7.63. The van der Waals surface area contributed by atoms with Crippen molar-refractivity contribution in [2.24, 2.45) is 0 Å². The first-order valence-electron chi connectivity index (χ1n) is 7.74. The number of aromatic nitrogens is 1. The van der Waals surface area contributed by atoms with Gasteiger partial charge in [0.05, 0.1) is 6.61 Å². The maximum absolute atomic E-state index is 12.4. The SMILES string of the molecule is CCCOc1cccn(C(C)C(=O)Nc2ccc(C)cc2)c1=O. The Morgan fingerprint density at radius 3 is 2.61 bits per heavy atom. The van der Waals surface area contributed by atoms with Gasteiger partial charge < -0.3 is 14.6 Å². The number of nitrogens with one attached hydrogen (secondary N) is 1. The lowest BCUT2D eigenvalue weighted by molar-refractivity contribution is -0.118. The second-order valence-electron chi connectivity index (χ2n) is 5.46. The molecule has 0 aliphatic heterocycles. The van der Waals surface area contributed by atoms with E-state index < -0.39 is 6.04 Å². The van der Waals surface area contributed by atoms with Crippen molar-refractivity contribution in [3.8, 4) is 5.75 Å². The van der Waals surface area contributed by atoms with Gasteiger partial charge in [0, 0.05) is 11.9 Å². The molecule has 0 bridgehead atoms. The molecule has 1 amide bonds. The van der Waals surface area contributed by atoms with Gasteiger partial charge in [0.2, 0.25) is 5.91 Å². The van der Waals surface area contributed by atoms with Gasteiger partial charge in [0.25, 0.3) is 5.56 Å². The summed E-state index contributed by atoms with van der Waals surface area (Å²) in [6.45, 7) is 6.12. The molecule has 0 aliphatic rings. The van der Waals surface area contributed by atoms with Gasteiger partial charge in [-0.05, 0) is 44.5 Å². The van der Waals surface area contributed by atoms with Crippen LogP contribution in [0, 0.1) is 6.92 Å². The zero-order chi connectivity index (χ0) is 16.8. The fourth-order valence-electron chi connectivity index (χ4n) is 2.13. The summed E-state index contributed by atoms with van der Waals surface area (Å²) in [4.78, 5) is 24.7. The van der Waals surface area contributed by atoms with E-state index in [0.29, 0.717) is 12.3 Å². The molecule has 0 radical (unpaired) electrons. The lowest BCUT2D eigenvalue weighted by Gasteiger charge is -2.16. The molecule has 0 saturated heterocycles. The summed E-state index contributed by atoms with van der Waals surface area (Å²) in [6.07, 6.45) is 2.42. The molecular weight excluding hydrogens is 292 g/mol. The quantitative estimate of drug-likeness (QED) is 0.891. The molecule has 1 heterocycles. The number of carbonyl (C=O) groups excluding carboxylic acids is 1. The summed E-state index contributed by atoms with van der Waals surface area (Å²) in [5.41, 5.74) is 1.53. The van der Waals surface area contributed by atoms with Crippen molar-refractivity contribution >= 4 is 11.6 Å². The van der Waals surface area contributed by atoms with E-state index in [4.69, 9.17) is 4.74 Å². The van der Waals surface area contributed by atoms with Gasteiger partial charge in [-0.1, -0.05) is 24.6 Å². The molecule has 1 unspecified atom stereocenters. The fraction of sp³-hybridized carbons (Fsp3) is 0.333. The Morgan fingerprint density at radius 1 is 1.26 bits per heavy atom. The second-order valence-corrected chi connectivity index (χ2v) is 5.46. The molecule has 23 heavy (non-hydrogen) atoms. The number of ether oxygens (including phenoxy) is 1. The topological polar surface area (TPSA) is 60.3 Å². The number of nitrogens with zero attached hydrogens (tertiary/aromatic N) is 1. The molecule has 1 N–H and O–H groups in total. The molecule has 1 atom stereocenters. The third-order valence-corrected chi connectivity index (χ3v) is 3.52. The number of aryl methyl sites for hydroxylation is 1. The molecule has 2 aromatic rings. The minimum absolute atomic E-state index is 0.247. The monoisotopic (exact) mass is 314 g/mol. The van der Waals surface area contributed by atoms with Gasteiger partial charge >= 0.3 is 0 Å². The van der Waals surface area contributed by atoms with Crippen LogP contribution in [0.25, 0.3) is 0 Å². The van der Waals surface area contributed by atoms with Crippen molar-refractivity contribution in [3.05, 3.63) is 58.5 Å². The van der Waals surface area contributed by atoms with Crippen LogP contribution in [0.15, 0.2) is 47.4 Å². The molecule has 5 heteroatoms. The van der Waals surface area contributed by atoms with Crippen LogP contribution in [0.5, 0.6) is 5.75 Å². The number of pyridine rings is 1. The van der Waals surface area contributed by atoms with Gasteiger partial charge in [-0.3, -0.25) is 9.59 Å². The van der Waals surface area contributed by atoms with Crippen molar-refractivity contribution in [1.29, 1.82) is 0 Å². The number of benzene rings is 1. The summed E-state index contributed by atoms with van der Waals surface area (Å²) in [7, 11) is 0. The van der Waals surface area contributed by atoms with Crippen LogP contribution < -0.4 is 15.6 Å². The first kappa shape index (κ1) is 16.8. The molecule has 0 saturated carbocycles. The smallest absolute Gasteiger partial charge is 0.293 e. The summed E-state index contributed by atoms with van der Waals surface area (Å²) in [5, 5.41) is 2.82. The van der Waals surface area contributed by atoms with E-state index >= 15 is 0 Å². The van der Waals surface area contributed by atoms with Crippen LogP contribution in [-0.4, -0.2) is 17.1 Å². The number of carbonyl (C=O) groups is 1. The molecule has 2 rings (SSSR count). The number of anilines is 1. The molecule has 0 aliphatic carbocycles. The van der Waals surface area contributed by atoms with Crippen LogP contribution in [-0.2, 0) is 4.79 Å². The Bertz CT molecular complexity index is 720. The van der Waals surface area contributed by atoms with E-state index in [9.17, 15) is 9.59 Å². The molecule has 5 nitrogen and oxygen atoms in total. The minimum Gasteiger partial charge on any atom is -0.488 e. The Labute approximate surface area is 135 Å². The summed E-state index contributed by atoms with van der Waals surface area (Å²) in [5.74, 6) is 0.0212. The Morgan fingerprint density at radius 2 is 1.96 bits per heavy atom. The first-order valence-corrected chi connectivity index (χ1v) is 7.74. The van der Waals surface area contributed by atoms with Gasteiger partial charge in [-0.15, -0.1) is 0 Å². The van der Waals surface area contributed by atoms with Crippen molar-refractivity contribution in [2.75, 3.05) is 11.9 Å². The van der Waals surface area contributed by atoms with Crippen molar-refractivity contribution in [3.63, 3.8) is 0 Å². The lowest BCUT2D eigenvalue weighted by Crippen LogP contribution is -2.31. The van der Waals surface area contributed by atoms with E-state index in [0.717, 1.165) is 12.0 Å². The number of hydrogen-bond donors (Lipinski definition) is 1. The number of rotatable bonds is 6. The van der Waals surface area contributed by atoms with Crippen LogP contribution in [0.2, 0.25) is 0 Å². The van der Waals surface area contributed by atoms with Gasteiger partial charge in [0.1, 0.15) is 6.04 Å². The third-order valence-electron chi connectivity index (χ3n) is 3.52. The van der Waals surface area contributed by atoms with Crippen molar-refractivity contribution in [2.45, 2.75) is 33.2 Å². The van der Waals surface area contributed by atoms with Crippen molar-refractivity contribution < 1.29 is 9.53 Å². The number of hydrogen-bond acceptors (Lipinski definition) is 3. The molecule has 122 valence electrons. The van der Waals surface area contributed by atoms with E-state index in [1.807, 2.05) is 38.1 Å². The summed E-state index contributed by atoms with van der Waals surface area (Å²) < 4.78 is 6.81. The maximum atomic E-state index is 12.4. The lowest BCUT2D eigenvalue weighted by atomic mass is 10.2. The van der Waals surface area contributed by atoms with Crippen LogP contribution in [0.1, 0.15) is 31.9 Å². The Kier molecular flexibility index (Phi) is 5.57. The summed E-state index contributed by atoms with van der Waals surface area (Å²) in [6, 6.07) is 10.2. The zero-order valence-corrected chi connectivity index (χ0v) is 13.7. The van der Waals surface area contributed by atoms with Crippen LogP contribution in [0.4, 0.5) is 5.69 Å². The van der Waals surface area contributed by atoms with Crippen LogP contribution >= 0.6 is 0 Å². The maximum Gasteiger partial charge on any atom is 0.293 e.